The molecule has 0 saturated heterocycles. The molecular weight excluding hydrogens is 470 g/mol. The second kappa shape index (κ2) is 10.6. The number of carbonyl (C=O) groups is 2. The summed E-state index contributed by atoms with van der Waals surface area (Å²) in [4.78, 5) is 28.3. The number of amides is 1. The summed E-state index contributed by atoms with van der Waals surface area (Å²) in [5.74, 6) is -0.672. The van der Waals surface area contributed by atoms with Gasteiger partial charge >= 0.3 is 5.97 Å². The van der Waals surface area contributed by atoms with Gasteiger partial charge in [0.25, 0.3) is 0 Å². The summed E-state index contributed by atoms with van der Waals surface area (Å²) in [6.07, 6.45) is 0.0827. The first kappa shape index (κ1) is 24.6. The molecule has 0 fully saturated rings. The van der Waals surface area contributed by atoms with Gasteiger partial charge in [-0.15, -0.1) is 11.3 Å². The predicted octanol–water partition coefficient (Wildman–Crippen LogP) is 3.27. The van der Waals surface area contributed by atoms with Crippen LogP contribution in [-0.4, -0.2) is 55.5 Å². The number of benzene rings is 1. The van der Waals surface area contributed by atoms with E-state index in [1.54, 1.807) is 19.2 Å². The first-order valence-electron chi connectivity index (χ1n) is 8.84. The molecule has 2 aromatic rings. The number of rotatable bonds is 9. The highest BCUT2D eigenvalue weighted by Gasteiger charge is 2.23. The number of sulfonamides is 1. The number of aromatic nitrogens is 1. The van der Waals surface area contributed by atoms with E-state index in [2.05, 4.69) is 10.3 Å². The minimum absolute atomic E-state index is 0.0704. The van der Waals surface area contributed by atoms with E-state index in [9.17, 15) is 18.0 Å². The maximum atomic E-state index is 12.5. The summed E-state index contributed by atoms with van der Waals surface area (Å²) in [6, 6.07) is 4.29. The van der Waals surface area contributed by atoms with E-state index in [-0.39, 0.29) is 28.2 Å². The van der Waals surface area contributed by atoms with Gasteiger partial charge in [-0.2, -0.15) is 0 Å². The Labute approximate surface area is 189 Å². The zero-order valence-corrected chi connectivity index (χ0v) is 20.0. The topological polar surface area (TPSA) is 106 Å². The van der Waals surface area contributed by atoms with Crippen molar-refractivity contribution in [2.24, 2.45) is 0 Å². The average molecular weight is 492 g/mol. The Hall–Kier alpha value is -1.66. The van der Waals surface area contributed by atoms with Crippen LogP contribution in [0.2, 0.25) is 5.02 Å². The fraction of sp³-hybridized carbons (Fsp3) is 0.389. The van der Waals surface area contributed by atoms with Gasteiger partial charge in [0.15, 0.2) is 4.34 Å². The standard InChI is InChI=1S/C18H22ClN3O5S3/c1-5-27-16(23)9-13-10-28-18(21-13)29-11(2)17(24)20-12-6-7-14(19)15(8-12)30(25,26)22(3)4/h6-8,10-11H,5,9H2,1-4H3,(H,20,24). The fourth-order valence-electron chi connectivity index (χ4n) is 2.21. The van der Waals surface area contributed by atoms with E-state index in [4.69, 9.17) is 16.3 Å². The molecule has 30 heavy (non-hydrogen) atoms. The van der Waals surface area contributed by atoms with Gasteiger partial charge in [0, 0.05) is 25.2 Å². The molecule has 1 amide bonds. The monoisotopic (exact) mass is 491 g/mol. The van der Waals surface area contributed by atoms with Crippen molar-refractivity contribution >= 4 is 62.3 Å². The fourth-order valence-corrected chi connectivity index (χ4v) is 5.58. The van der Waals surface area contributed by atoms with Crippen molar-refractivity contribution in [3.8, 4) is 0 Å². The molecule has 2 rings (SSSR count). The summed E-state index contributed by atoms with van der Waals surface area (Å²) in [5.41, 5.74) is 0.907. The molecule has 164 valence electrons. The summed E-state index contributed by atoms with van der Waals surface area (Å²) >= 11 is 8.60. The maximum absolute atomic E-state index is 12.5. The molecule has 1 aromatic heterocycles. The molecule has 0 spiro atoms. The number of hydrogen-bond acceptors (Lipinski definition) is 8. The quantitative estimate of drug-likeness (QED) is 0.423. The highest BCUT2D eigenvalue weighted by atomic mass is 35.5. The van der Waals surface area contributed by atoms with Crippen LogP contribution in [-0.2, 0) is 30.8 Å². The summed E-state index contributed by atoms with van der Waals surface area (Å²) in [6.45, 7) is 3.75. The van der Waals surface area contributed by atoms with Crippen molar-refractivity contribution in [3.05, 3.63) is 34.3 Å². The lowest BCUT2D eigenvalue weighted by Crippen LogP contribution is -2.24. The Bertz CT molecular complexity index is 1020. The van der Waals surface area contributed by atoms with Crippen LogP contribution in [0.3, 0.4) is 0 Å². The lowest BCUT2D eigenvalue weighted by Gasteiger charge is -2.15. The molecule has 1 N–H and O–H groups in total. The first-order valence-corrected chi connectivity index (χ1v) is 12.4. The van der Waals surface area contributed by atoms with Crippen LogP contribution in [0.5, 0.6) is 0 Å². The minimum atomic E-state index is -3.75. The first-order chi connectivity index (χ1) is 14.0. The Morgan fingerprint density at radius 2 is 2.07 bits per heavy atom. The van der Waals surface area contributed by atoms with Crippen LogP contribution in [0.25, 0.3) is 0 Å². The van der Waals surface area contributed by atoms with Gasteiger partial charge in [-0.05, 0) is 32.0 Å². The maximum Gasteiger partial charge on any atom is 0.311 e. The van der Waals surface area contributed by atoms with Crippen molar-refractivity contribution in [3.63, 3.8) is 0 Å². The van der Waals surface area contributed by atoms with Crippen LogP contribution < -0.4 is 5.32 Å². The van der Waals surface area contributed by atoms with Crippen molar-refractivity contribution in [1.29, 1.82) is 0 Å². The van der Waals surface area contributed by atoms with Gasteiger partial charge in [0.1, 0.15) is 4.90 Å². The Morgan fingerprint density at radius 1 is 1.37 bits per heavy atom. The zero-order chi connectivity index (χ0) is 22.5. The van der Waals surface area contributed by atoms with Gasteiger partial charge in [0.2, 0.25) is 15.9 Å². The number of nitrogens with zero attached hydrogens (tertiary/aromatic N) is 2. The number of halogens is 1. The highest BCUT2D eigenvalue weighted by Crippen LogP contribution is 2.30. The Kier molecular flexibility index (Phi) is 8.68. The van der Waals surface area contributed by atoms with Crippen molar-refractivity contribution in [1.82, 2.24) is 9.29 Å². The van der Waals surface area contributed by atoms with Crippen LogP contribution in [0.15, 0.2) is 32.8 Å². The molecule has 0 aliphatic heterocycles. The number of hydrogen-bond donors (Lipinski definition) is 1. The number of ether oxygens (including phenoxy) is 1. The summed E-state index contributed by atoms with van der Waals surface area (Å²) in [7, 11) is -0.942. The van der Waals surface area contributed by atoms with Crippen LogP contribution >= 0.6 is 34.7 Å². The third-order valence-corrected chi connectivity index (χ3v) is 8.18. The average Bonchev–Trinajstić information content (AvgIpc) is 3.09. The van der Waals surface area contributed by atoms with E-state index < -0.39 is 15.3 Å². The van der Waals surface area contributed by atoms with E-state index >= 15 is 0 Å². The molecular formula is C18H22ClN3O5S3. The van der Waals surface area contributed by atoms with E-state index in [0.29, 0.717) is 22.3 Å². The van der Waals surface area contributed by atoms with E-state index in [1.807, 2.05) is 0 Å². The number of nitrogens with one attached hydrogen (secondary N) is 1. The molecule has 12 heteroatoms. The number of carbonyl (C=O) groups excluding carboxylic acids is 2. The van der Waals surface area contributed by atoms with Gasteiger partial charge in [-0.3, -0.25) is 9.59 Å². The minimum Gasteiger partial charge on any atom is -0.466 e. The van der Waals surface area contributed by atoms with Gasteiger partial charge in [0.05, 0.1) is 29.0 Å². The van der Waals surface area contributed by atoms with Crippen molar-refractivity contribution in [2.45, 2.75) is 34.8 Å². The van der Waals surface area contributed by atoms with Crippen LogP contribution in [0.1, 0.15) is 19.5 Å². The van der Waals surface area contributed by atoms with Crippen molar-refractivity contribution < 1.29 is 22.7 Å². The second-order valence-corrected chi connectivity index (χ2v) is 11.2. The third kappa shape index (κ3) is 6.42. The summed E-state index contributed by atoms with van der Waals surface area (Å²) in [5, 5.41) is 4.02. The molecule has 1 unspecified atom stereocenters. The second-order valence-electron chi connectivity index (χ2n) is 6.27. The number of thioether (sulfide) groups is 1. The van der Waals surface area contributed by atoms with Gasteiger partial charge < -0.3 is 10.1 Å². The molecule has 0 radical (unpaired) electrons. The normalized spacial score (nSPS) is 12.6. The van der Waals surface area contributed by atoms with Gasteiger partial charge in [-0.25, -0.2) is 17.7 Å². The van der Waals surface area contributed by atoms with Crippen LogP contribution in [0, 0.1) is 0 Å². The number of anilines is 1. The van der Waals surface area contributed by atoms with E-state index in [1.165, 1.54) is 55.4 Å². The SMILES string of the molecule is CCOC(=O)Cc1csc(SC(C)C(=O)Nc2ccc(Cl)c(S(=O)(=O)N(C)C)c2)n1. The smallest absolute Gasteiger partial charge is 0.311 e. The lowest BCUT2D eigenvalue weighted by molar-refractivity contribution is -0.142. The summed E-state index contributed by atoms with van der Waals surface area (Å²) < 4.78 is 31.3. The lowest BCUT2D eigenvalue weighted by atomic mass is 10.3. The third-order valence-electron chi connectivity index (χ3n) is 3.77. The predicted molar refractivity (Wildman–Crippen MR) is 119 cm³/mol. The van der Waals surface area contributed by atoms with Crippen molar-refractivity contribution in [2.75, 3.05) is 26.0 Å². The Morgan fingerprint density at radius 3 is 2.70 bits per heavy atom. The molecule has 1 heterocycles. The number of esters is 1. The molecule has 0 bridgehead atoms. The molecule has 0 saturated carbocycles. The zero-order valence-electron chi connectivity index (χ0n) is 16.8. The highest BCUT2D eigenvalue weighted by molar-refractivity contribution is 8.02. The largest absolute Gasteiger partial charge is 0.466 e. The van der Waals surface area contributed by atoms with E-state index in [0.717, 1.165) is 4.31 Å². The molecule has 0 aliphatic carbocycles. The molecule has 0 aliphatic rings. The molecule has 1 atom stereocenters. The number of thiazole rings is 1. The molecule has 8 nitrogen and oxygen atoms in total. The van der Waals surface area contributed by atoms with Crippen LogP contribution in [0.4, 0.5) is 5.69 Å². The van der Waals surface area contributed by atoms with Gasteiger partial charge in [-0.1, -0.05) is 23.4 Å². The molecule has 1 aromatic carbocycles. The Balaban J connectivity index is 2.05.